The number of carbonyl (C=O) groups excluding carboxylic acids is 1. The molecule has 0 saturated carbocycles. The summed E-state index contributed by atoms with van der Waals surface area (Å²) in [6, 6.07) is 0. The van der Waals surface area contributed by atoms with Crippen molar-refractivity contribution in [1.29, 1.82) is 0 Å². The smallest absolute Gasteiger partial charge is 0.228 e. The maximum absolute atomic E-state index is 12.6. The van der Waals surface area contributed by atoms with Gasteiger partial charge in [-0.2, -0.15) is 0 Å². The maximum Gasteiger partial charge on any atom is 0.228 e. The van der Waals surface area contributed by atoms with Crippen molar-refractivity contribution in [2.75, 3.05) is 65.8 Å². The molecule has 6 nitrogen and oxygen atoms in total. The molecule has 3 saturated heterocycles. The van der Waals surface area contributed by atoms with Crippen molar-refractivity contribution >= 4 is 5.91 Å². The Bertz CT molecular complexity index is 411. The molecule has 1 spiro atoms. The second-order valence-corrected chi connectivity index (χ2v) is 6.43. The molecule has 0 bridgehead atoms. The molecule has 22 heavy (non-hydrogen) atoms. The van der Waals surface area contributed by atoms with Crippen LogP contribution < -0.4 is 0 Å². The van der Waals surface area contributed by atoms with Crippen LogP contribution in [0.5, 0.6) is 0 Å². The molecule has 3 aliphatic rings. The van der Waals surface area contributed by atoms with Gasteiger partial charge in [0.2, 0.25) is 5.91 Å². The molecule has 3 heterocycles. The van der Waals surface area contributed by atoms with E-state index >= 15 is 0 Å². The molecule has 0 aromatic carbocycles. The number of morpholine rings is 1. The van der Waals surface area contributed by atoms with Crippen LogP contribution in [-0.4, -0.2) is 87.1 Å². The van der Waals surface area contributed by atoms with Crippen molar-refractivity contribution in [2.45, 2.75) is 12.0 Å². The third kappa shape index (κ3) is 3.51. The third-order valence-corrected chi connectivity index (χ3v) is 4.66. The van der Waals surface area contributed by atoms with Crippen molar-refractivity contribution in [2.24, 2.45) is 5.92 Å². The van der Waals surface area contributed by atoms with Gasteiger partial charge in [0.15, 0.2) is 0 Å². The van der Waals surface area contributed by atoms with Gasteiger partial charge in [0.05, 0.1) is 38.9 Å². The molecule has 0 aromatic heterocycles. The Morgan fingerprint density at radius 2 is 2.14 bits per heavy atom. The molecule has 1 amide bonds. The topological polar surface area (TPSA) is 51.2 Å². The van der Waals surface area contributed by atoms with Crippen molar-refractivity contribution in [3.63, 3.8) is 0 Å². The monoisotopic (exact) mass is 310 g/mol. The summed E-state index contributed by atoms with van der Waals surface area (Å²) >= 11 is 0. The van der Waals surface area contributed by atoms with E-state index in [0.717, 1.165) is 26.1 Å². The van der Waals surface area contributed by atoms with Gasteiger partial charge in [0.25, 0.3) is 0 Å². The Morgan fingerprint density at radius 1 is 1.23 bits per heavy atom. The summed E-state index contributed by atoms with van der Waals surface area (Å²) in [5.74, 6) is 0.228. The molecule has 3 rings (SSSR count). The number of nitrogens with zero attached hydrogens (tertiary/aromatic N) is 2. The van der Waals surface area contributed by atoms with E-state index in [9.17, 15) is 4.79 Å². The van der Waals surface area contributed by atoms with E-state index in [1.54, 1.807) is 0 Å². The van der Waals surface area contributed by atoms with Gasteiger partial charge in [-0.15, -0.1) is 6.58 Å². The highest BCUT2D eigenvalue weighted by atomic mass is 16.5. The third-order valence-electron chi connectivity index (χ3n) is 4.66. The molecule has 0 aliphatic carbocycles. The second kappa shape index (κ2) is 7.08. The molecule has 0 radical (unpaired) electrons. The van der Waals surface area contributed by atoms with E-state index in [-0.39, 0.29) is 11.8 Å². The molecule has 0 unspecified atom stereocenters. The Balaban J connectivity index is 1.67. The first-order valence-electron chi connectivity index (χ1n) is 8.14. The number of ether oxygens (including phenoxy) is 3. The number of hydrogen-bond acceptors (Lipinski definition) is 5. The van der Waals surface area contributed by atoms with Crippen LogP contribution in [0.25, 0.3) is 0 Å². The number of carbonyl (C=O) groups is 1. The fourth-order valence-corrected chi connectivity index (χ4v) is 3.53. The Labute approximate surface area is 132 Å². The summed E-state index contributed by atoms with van der Waals surface area (Å²) in [7, 11) is 0. The number of rotatable bonds is 3. The zero-order chi connectivity index (χ0) is 15.4. The first-order chi connectivity index (χ1) is 10.7. The molecule has 124 valence electrons. The first-order valence-corrected chi connectivity index (χ1v) is 8.14. The predicted molar refractivity (Wildman–Crippen MR) is 81.6 cm³/mol. The fourth-order valence-electron chi connectivity index (χ4n) is 3.53. The van der Waals surface area contributed by atoms with Crippen molar-refractivity contribution in [3.05, 3.63) is 12.7 Å². The normalized spacial score (nSPS) is 33.8. The highest BCUT2D eigenvalue weighted by molar-refractivity contribution is 5.79. The van der Waals surface area contributed by atoms with Gasteiger partial charge in [-0.1, -0.05) is 6.08 Å². The van der Waals surface area contributed by atoms with E-state index in [4.69, 9.17) is 14.2 Å². The lowest BCUT2D eigenvalue weighted by Crippen LogP contribution is -2.60. The summed E-state index contributed by atoms with van der Waals surface area (Å²) in [4.78, 5) is 16.9. The molecule has 3 aliphatic heterocycles. The highest BCUT2D eigenvalue weighted by Crippen LogP contribution is 2.25. The van der Waals surface area contributed by atoms with Crippen LogP contribution in [0.15, 0.2) is 12.7 Å². The molecule has 0 N–H and O–H groups in total. The zero-order valence-electron chi connectivity index (χ0n) is 13.2. The van der Waals surface area contributed by atoms with E-state index in [1.807, 2.05) is 11.0 Å². The van der Waals surface area contributed by atoms with Gasteiger partial charge in [-0.05, 0) is 6.42 Å². The van der Waals surface area contributed by atoms with Gasteiger partial charge in [-0.25, -0.2) is 0 Å². The van der Waals surface area contributed by atoms with E-state index in [1.165, 1.54) is 0 Å². The van der Waals surface area contributed by atoms with Gasteiger partial charge < -0.3 is 19.1 Å². The van der Waals surface area contributed by atoms with Crippen LogP contribution in [0, 0.1) is 5.92 Å². The summed E-state index contributed by atoms with van der Waals surface area (Å²) in [5.41, 5.74) is -0.410. The van der Waals surface area contributed by atoms with Crippen molar-refractivity contribution < 1.29 is 19.0 Å². The SMILES string of the molecule is C=CCN1CCOC[C@@]2(C1)CN(C(=O)[C@@H]1CCOC1)CCO2. The van der Waals surface area contributed by atoms with Crippen LogP contribution in [0.2, 0.25) is 0 Å². The van der Waals surface area contributed by atoms with Gasteiger partial charge in [-0.3, -0.25) is 9.69 Å². The average Bonchev–Trinajstić information content (AvgIpc) is 2.99. The van der Waals surface area contributed by atoms with Crippen LogP contribution in [-0.2, 0) is 19.0 Å². The quantitative estimate of drug-likeness (QED) is 0.694. The van der Waals surface area contributed by atoms with Gasteiger partial charge >= 0.3 is 0 Å². The summed E-state index contributed by atoms with van der Waals surface area (Å²) in [6.45, 7) is 10.6. The van der Waals surface area contributed by atoms with Crippen LogP contribution in [0.3, 0.4) is 0 Å². The number of amides is 1. The van der Waals surface area contributed by atoms with Crippen LogP contribution in [0.1, 0.15) is 6.42 Å². The fraction of sp³-hybridized carbons (Fsp3) is 0.812. The Kier molecular flexibility index (Phi) is 5.13. The number of hydrogen-bond donors (Lipinski definition) is 0. The molecule has 0 aromatic rings. The lowest BCUT2D eigenvalue weighted by atomic mass is 9.99. The molecular weight excluding hydrogens is 284 g/mol. The summed E-state index contributed by atoms with van der Waals surface area (Å²) in [5, 5.41) is 0. The Hall–Kier alpha value is -0.950. The molecule has 2 atom stereocenters. The molecular formula is C16H26N2O4. The van der Waals surface area contributed by atoms with E-state index < -0.39 is 5.60 Å². The minimum atomic E-state index is -0.410. The largest absolute Gasteiger partial charge is 0.381 e. The lowest BCUT2D eigenvalue weighted by Gasteiger charge is -2.43. The van der Waals surface area contributed by atoms with E-state index in [2.05, 4.69) is 11.5 Å². The second-order valence-electron chi connectivity index (χ2n) is 6.43. The highest BCUT2D eigenvalue weighted by Gasteiger charge is 2.42. The predicted octanol–water partition coefficient (Wildman–Crippen LogP) is 0.139. The molecule has 3 fully saturated rings. The van der Waals surface area contributed by atoms with Crippen molar-refractivity contribution in [3.8, 4) is 0 Å². The first kappa shape index (κ1) is 15.9. The molecule has 6 heteroatoms. The van der Waals surface area contributed by atoms with Gasteiger partial charge in [0, 0.05) is 32.8 Å². The average molecular weight is 310 g/mol. The zero-order valence-corrected chi connectivity index (χ0v) is 13.2. The van der Waals surface area contributed by atoms with Crippen molar-refractivity contribution in [1.82, 2.24) is 9.80 Å². The van der Waals surface area contributed by atoms with Crippen LogP contribution in [0.4, 0.5) is 0 Å². The summed E-state index contributed by atoms with van der Waals surface area (Å²) < 4.78 is 17.2. The minimum Gasteiger partial charge on any atom is -0.381 e. The minimum absolute atomic E-state index is 0.0196. The van der Waals surface area contributed by atoms with Crippen LogP contribution >= 0.6 is 0 Å². The summed E-state index contributed by atoms with van der Waals surface area (Å²) in [6.07, 6.45) is 2.74. The van der Waals surface area contributed by atoms with E-state index in [0.29, 0.717) is 46.1 Å². The lowest BCUT2D eigenvalue weighted by molar-refractivity contribution is -0.164. The standard InChI is InChI=1S/C16H26N2O4/c1-2-4-17-5-8-21-13-16(11-17)12-18(6-9-22-16)15(19)14-3-7-20-10-14/h2,14H,1,3-13H2/t14-,16-/m1/s1. The Morgan fingerprint density at radius 3 is 2.91 bits per heavy atom. The maximum atomic E-state index is 12.6. The van der Waals surface area contributed by atoms with Gasteiger partial charge in [0.1, 0.15) is 5.60 Å².